The van der Waals surface area contributed by atoms with Gasteiger partial charge in [0, 0.05) is 30.0 Å². The number of hydrogen-bond acceptors (Lipinski definition) is 8. The van der Waals surface area contributed by atoms with Crippen molar-refractivity contribution in [1.82, 2.24) is 35.1 Å². The minimum absolute atomic E-state index is 0.578. The molecular formula is C24H33N9. The van der Waals surface area contributed by atoms with Crippen LogP contribution in [-0.4, -0.2) is 60.8 Å². The molecule has 2 atom stereocenters. The first-order valence-corrected chi connectivity index (χ1v) is 12.0. The van der Waals surface area contributed by atoms with Crippen molar-refractivity contribution in [1.29, 1.82) is 0 Å². The van der Waals surface area contributed by atoms with Crippen molar-refractivity contribution >= 4 is 17.5 Å². The van der Waals surface area contributed by atoms with Gasteiger partial charge in [-0.3, -0.25) is 0 Å². The number of aryl methyl sites for hydroxylation is 3. The Bertz CT molecular complexity index is 1110. The molecule has 2 fully saturated rings. The highest BCUT2D eigenvalue weighted by Crippen LogP contribution is 2.31. The van der Waals surface area contributed by atoms with Crippen LogP contribution >= 0.6 is 0 Å². The van der Waals surface area contributed by atoms with Crippen LogP contribution in [0.1, 0.15) is 49.1 Å². The van der Waals surface area contributed by atoms with Crippen LogP contribution in [0.4, 0.5) is 17.5 Å². The molecule has 9 heteroatoms. The summed E-state index contributed by atoms with van der Waals surface area (Å²) in [5.41, 5.74) is 3.98. The predicted molar refractivity (Wildman–Crippen MR) is 129 cm³/mol. The standard InChI is InChI=1S/C24H33N9/c1-16-9-10-20(13-22(16)33-18(3)29-30-31-33)27-24-26-14-17(2)23(28-24)25-15-19-7-6-12-32-11-5-4-8-21(19)32/h9-10,13-14,19,21H,4-8,11-12,15H2,1-3H3,(H2,25,26,27,28). The lowest BCUT2D eigenvalue weighted by atomic mass is 9.83. The molecule has 5 rings (SSSR count). The third kappa shape index (κ3) is 4.68. The molecule has 0 radical (unpaired) electrons. The first kappa shape index (κ1) is 21.8. The van der Waals surface area contributed by atoms with Gasteiger partial charge in [-0.1, -0.05) is 12.5 Å². The molecule has 9 nitrogen and oxygen atoms in total. The van der Waals surface area contributed by atoms with E-state index in [0.29, 0.717) is 11.9 Å². The summed E-state index contributed by atoms with van der Waals surface area (Å²) in [6.07, 6.45) is 8.52. The van der Waals surface area contributed by atoms with Gasteiger partial charge in [0.25, 0.3) is 0 Å². The van der Waals surface area contributed by atoms with Gasteiger partial charge in [0.2, 0.25) is 5.95 Å². The van der Waals surface area contributed by atoms with Gasteiger partial charge in [0.15, 0.2) is 5.82 Å². The lowest BCUT2D eigenvalue weighted by molar-refractivity contribution is 0.0649. The zero-order valence-electron chi connectivity index (χ0n) is 19.8. The maximum Gasteiger partial charge on any atom is 0.229 e. The zero-order valence-corrected chi connectivity index (χ0v) is 19.8. The monoisotopic (exact) mass is 447 g/mol. The van der Waals surface area contributed by atoms with Crippen molar-refractivity contribution in [3.8, 4) is 5.69 Å². The molecule has 1 aromatic carbocycles. The highest BCUT2D eigenvalue weighted by Gasteiger charge is 2.32. The molecule has 2 N–H and O–H groups in total. The summed E-state index contributed by atoms with van der Waals surface area (Å²) in [5.74, 6) is 2.91. The molecule has 0 amide bonds. The van der Waals surface area contributed by atoms with Gasteiger partial charge in [-0.15, -0.1) is 5.10 Å². The number of piperidine rings is 2. The Balaban J connectivity index is 1.30. The fourth-order valence-corrected chi connectivity index (χ4v) is 5.22. The Morgan fingerprint density at radius 2 is 1.91 bits per heavy atom. The smallest absolute Gasteiger partial charge is 0.229 e. The van der Waals surface area contributed by atoms with Crippen molar-refractivity contribution < 1.29 is 0 Å². The minimum Gasteiger partial charge on any atom is -0.369 e. The van der Waals surface area contributed by atoms with Crippen molar-refractivity contribution in [2.45, 2.75) is 58.9 Å². The Labute approximate surface area is 195 Å². The number of tetrazole rings is 1. The van der Waals surface area contributed by atoms with Crippen LogP contribution in [-0.2, 0) is 0 Å². The maximum absolute atomic E-state index is 4.79. The molecule has 0 bridgehead atoms. The third-order valence-electron chi connectivity index (χ3n) is 7.05. The first-order valence-electron chi connectivity index (χ1n) is 12.0. The highest BCUT2D eigenvalue weighted by molar-refractivity contribution is 5.61. The Morgan fingerprint density at radius 1 is 1.03 bits per heavy atom. The summed E-state index contributed by atoms with van der Waals surface area (Å²) < 4.78 is 1.74. The predicted octanol–water partition coefficient (Wildman–Crippen LogP) is 3.80. The van der Waals surface area contributed by atoms with E-state index in [2.05, 4.69) is 43.0 Å². The molecular weight excluding hydrogens is 414 g/mol. The Hall–Kier alpha value is -3.07. The average molecular weight is 448 g/mol. The first-order chi connectivity index (χ1) is 16.1. The van der Waals surface area contributed by atoms with Gasteiger partial charge in [-0.2, -0.15) is 9.67 Å². The van der Waals surface area contributed by atoms with Crippen LogP contribution in [0.15, 0.2) is 24.4 Å². The van der Waals surface area contributed by atoms with Gasteiger partial charge in [-0.05, 0) is 93.6 Å². The highest BCUT2D eigenvalue weighted by atomic mass is 15.5. The van der Waals surface area contributed by atoms with Crippen molar-refractivity contribution in [2.75, 3.05) is 30.3 Å². The number of anilines is 3. The van der Waals surface area contributed by atoms with E-state index in [0.717, 1.165) is 46.7 Å². The molecule has 174 valence electrons. The molecule has 0 aliphatic carbocycles. The van der Waals surface area contributed by atoms with E-state index in [1.807, 2.05) is 38.2 Å². The van der Waals surface area contributed by atoms with Crippen LogP contribution in [0.25, 0.3) is 5.69 Å². The SMILES string of the molecule is Cc1ccc(Nc2ncc(C)c(NCC3CCCN4CCCCC34)n2)cc1-n1nnnc1C. The zero-order chi connectivity index (χ0) is 22.8. The van der Waals surface area contributed by atoms with E-state index in [-0.39, 0.29) is 0 Å². The van der Waals surface area contributed by atoms with E-state index >= 15 is 0 Å². The van der Waals surface area contributed by atoms with E-state index in [1.54, 1.807) is 4.68 Å². The number of nitrogens with one attached hydrogen (secondary N) is 2. The summed E-state index contributed by atoms with van der Waals surface area (Å²) in [6, 6.07) is 6.81. The van der Waals surface area contributed by atoms with Gasteiger partial charge in [-0.25, -0.2) is 4.98 Å². The molecule has 0 spiro atoms. The van der Waals surface area contributed by atoms with Crippen molar-refractivity contribution in [3.05, 3.63) is 41.3 Å². The van der Waals surface area contributed by atoms with Crippen molar-refractivity contribution in [2.24, 2.45) is 5.92 Å². The van der Waals surface area contributed by atoms with E-state index in [4.69, 9.17) is 4.98 Å². The number of benzene rings is 1. The maximum atomic E-state index is 4.79. The molecule has 2 aromatic heterocycles. The van der Waals surface area contributed by atoms with Crippen LogP contribution < -0.4 is 10.6 Å². The molecule has 2 saturated heterocycles. The number of fused-ring (bicyclic) bond motifs is 1. The van der Waals surface area contributed by atoms with Crippen molar-refractivity contribution in [3.63, 3.8) is 0 Å². The number of hydrogen-bond donors (Lipinski definition) is 2. The molecule has 2 aliphatic rings. The summed E-state index contributed by atoms with van der Waals surface area (Å²) in [7, 11) is 0. The second-order valence-corrected chi connectivity index (χ2v) is 9.37. The van der Waals surface area contributed by atoms with E-state index in [9.17, 15) is 0 Å². The molecule has 0 saturated carbocycles. The summed E-state index contributed by atoms with van der Waals surface area (Å²) >= 11 is 0. The fraction of sp³-hybridized carbons (Fsp3) is 0.542. The lowest BCUT2D eigenvalue weighted by Gasteiger charge is -2.44. The Kier molecular flexibility index (Phi) is 6.22. The quantitative estimate of drug-likeness (QED) is 0.589. The fourth-order valence-electron chi connectivity index (χ4n) is 5.22. The normalized spacial score (nSPS) is 20.9. The summed E-state index contributed by atoms with van der Waals surface area (Å²) in [4.78, 5) is 12.0. The second-order valence-electron chi connectivity index (χ2n) is 9.37. The lowest BCUT2D eigenvalue weighted by Crippen LogP contribution is -2.49. The topological polar surface area (TPSA) is 96.7 Å². The van der Waals surface area contributed by atoms with E-state index in [1.165, 1.54) is 45.2 Å². The van der Waals surface area contributed by atoms with Gasteiger partial charge in [0.1, 0.15) is 5.82 Å². The molecule has 3 aromatic rings. The summed E-state index contributed by atoms with van der Waals surface area (Å²) in [5, 5.41) is 18.9. The Morgan fingerprint density at radius 3 is 2.76 bits per heavy atom. The number of nitrogens with zero attached hydrogens (tertiary/aromatic N) is 7. The van der Waals surface area contributed by atoms with Gasteiger partial charge in [0.05, 0.1) is 5.69 Å². The third-order valence-corrected chi connectivity index (χ3v) is 7.05. The van der Waals surface area contributed by atoms with Crippen LogP contribution in [0.5, 0.6) is 0 Å². The van der Waals surface area contributed by atoms with Gasteiger partial charge < -0.3 is 15.5 Å². The van der Waals surface area contributed by atoms with Crippen LogP contribution in [0, 0.1) is 26.7 Å². The van der Waals surface area contributed by atoms with Crippen LogP contribution in [0.2, 0.25) is 0 Å². The van der Waals surface area contributed by atoms with Crippen LogP contribution in [0.3, 0.4) is 0 Å². The average Bonchev–Trinajstić information content (AvgIpc) is 3.26. The van der Waals surface area contributed by atoms with E-state index < -0.39 is 0 Å². The summed E-state index contributed by atoms with van der Waals surface area (Å²) in [6.45, 7) is 9.49. The number of aromatic nitrogens is 6. The van der Waals surface area contributed by atoms with Gasteiger partial charge >= 0.3 is 0 Å². The molecule has 33 heavy (non-hydrogen) atoms. The molecule has 2 unspecified atom stereocenters. The largest absolute Gasteiger partial charge is 0.369 e. The second kappa shape index (κ2) is 9.43. The minimum atomic E-state index is 0.578. The molecule has 2 aliphatic heterocycles. The number of rotatable bonds is 6. The molecule has 4 heterocycles.